The third-order valence-corrected chi connectivity index (χ3v) is 4.56. The Morgan fingerprint density at radius 1 is 0.967 bits per heavy atom. The lowest BCUT2D eigenvalue weighted by atomic mass is 10.1. The molecule has 6 heteroatoms. The molecule has 0 spiro atoms. The average molecular weight is 399 g/mol. The number of hydrogen-bond donors (Lipinski definition) is 1. The normalized spacial score (nSPS) is 10.6. The molecule has 0 saturated heterocycles. The maximum Gasteiger partial charge on any atom is 0.262 e. The van der Waals surface area contributed by atoms with Crippen LogP contribution in [0.1, 0.15) is 17.0 Å². The fourth-order valence-corrected chi connectivity index (χ4v) is 3.04. The van der Waals surface area contributed by atoms with Crippen molar-refractivity contribution < 1.29 is 14.1 Å². The first kappa shape index (κ1) is 19.4. The SMILES string of the molecule is Cc1ccccc1OCC(=O)Nc1ccccc1-c1nc(Cc2ccccc2)no1. The highest BCUT2D eigenvalue weighted by Crippen LogP contribution is 2.27. The van der Waals surface area contributed by atoms with E-state index in [0.717, 1.165) is 11.1 Å². The zero-order chi connectivity index (χ0) is 20.8. The van der Waals surface area contributed by atoms with Gasteiger partial charge in [-0.15, -0.1) is 0 Å². The van der Waals surface area contributed by atoms with E-state index in [0.29, 0.717) is 35.1 Å². The van der Waals surface area contributed by atoms with Gasteiger partial charge in [-0.3, -0.25) is 4.79 Å². The summed E-state index contributed by atoms with van der Waals surface area (Å²) in [7, 11) is 0. The second-order valence-corrected chi connectivity index (χ2v) is 6.83. The Kier molecular flexibility index (Phi) is 5.85. The van der Waals surface area contributed by atoms with E-state index in [4.69, 9.17) is 9.26 Å². The first-order chi connectivity index (χ1) is 14.7. The van der Waals surface area contributed by atoms with E-state index in [1.807, 2.05) is 79.7 Å². The van der Waals surface area contributed by atoms with Gasteiger partial charge in [-0.25, -0.2) is 0 Å². The van der Waals surface area contributed by atoms with Crippen LogP contribution >= 0.6 is 0 Å². The molecule has 1 N–H and O–H groups in total. The van der Waals surface area contributed by atoms with Crippen molar-refractivity contribution in [2.45, 2.75) is 13.3 Å². The highest BCUT2D eigenvalue weighted by Gasteiger charge is 2.15. The summed E-state index contributed by atoms with van der Waals surface area (Å²) in [6, 6.07) is 24.8. The first-order valence-electron chi connectivity index (χ1n) is 9.63. The van der Waals surface area contributed by atoms with Gasteiger partial charge in [-0.1, -0.05) is 65.8 Å². The summed E-state index contributed by atoms with van der Waals surface area (Å²) in [4.78, 5) is 16.9. The number of carbonyl (C=O) groups excluding carboxylic acids is 1. The molecule has 0 aliphatic rings. The van der Waals surface area contributed by atoms with Crippen LogP contribution < -0.4 is 10.1 Å². The van der Waals surface area contributed by atoms with Crippen LogP contribution in [0, 0.1) is 6.92 Å². The van der Waals surface area contributed by atoms with Gasteiger partial charge in [-0.05, 0) is 36.2 Å². The number of nitrogens with one attached hydrogen (secondary N) is 1. The zero-order valence-electron chi connectivity index (χ0n) is 16.5. The van der Waals surface area contributed by atoms with Crippen LogP contribution in [0.2, 0.25) is 0 Å². The van der Waals surface area contributed by atoms with Gasteiger partial charge in [-0.2, -0.15) is 4.98 Å². The lowest BCUT2D eigenvalue weighted by Gasteiger charge is -2.11. The fourth-order valence-electron chi connectivity index (χ4n) is 3.04. The van der Waals surface area contributed by atoms with E-state index in [-0.39, 0.29) is 12.5 Å². The van der Waals surface area contributed by atoms with Gasteiger partial charge in [0.2, 0.25) is 0 Å². The van der Waals surface area contributed by atoms with Gasteiger partial charge >= 0.3 is 0 Å². The molecule has 0 fully saturated rings. The molecule has 4 aromatic rings. The maximum atomic E-state index is 12.4. The minimum Gasteiger partial charge on any atom is -0.483 e. The van der Waals surface area contributed by atoms with Crippen molar-refractivity contribution in [1.82, 2.24) is 10.1 Å². The second kappa shape index (κ2) is 9.05. The summed E-state index contributed by atoms with van der Waals surface area (Å²) in [5, 5.41) is 6.94. The van der Waals surface area contributed by atoms with Crippen LogP contribution in [0.15, 0.2) is 83.4 Å². The molecule has 1 heterocycles. The second-order valence-electron chi connectivity index (χ2n) is 6.83. The van der Waals surface area contributed by atoms with Crippen molar-refractivity contribution in [3.05, 3.63) is 95.8 Å². The molecule has 6 nitrogen and oxygen atoms in total. The van der Waals surface area contributed by atoms with Crippen molar-refractivity contribution in [2.24, 2.45) is 0 Å². The first-order valence-corrected chi connectivity index (χ1v) is 9.63. The number of para-hydroxylation sites is 2. The predicted molar refractivity (Wildman–Crippen MR) is 114 cm³/mol. The Morgan fingerprint density at radius 3 is 2.53 bits per heavy atom. The molecule has 0 bridgehead atoms. The van der Waals surface area contributed by atoms with Gasteiger partial charge in [0.1, 0.15) is 5.75 Å². The monoisotopic (exact) mass is 399 g/mol. The summed E-state index contributed by atoms with van der Waals surface area (Å²) in [5.41, 5.74) is 3.32. The van der Waals surface area contributed by atoms with Crippen LogP contribution in [0.5, 0.6) is 5.75 Å². The highest BCUT2D eigenvalue weighted by atomic mass is 16.5. The topological polar surface area (TPSA) is 77.2 Å². The number of anilines is 1. The third-order valence-electron chi connectivity index (χ3n) is 4.56. The van der Waals surface area contributed by atoms with Crippen LogP contribution in [0.4, 0.5) is 5.69 Å². The van der Waals surface area contributed by atoms with Crippen molar-refractivity contribution >= 4 is 11.6 Å². The minimum atomic E-state index is -0.269. The van der Waals surface area contributed by atoms with Crippen LogP contribution in [-0.4, -0.2) is 22.7 Å². The molecule has 3 aromatic carbocycles. The number of amides is 1. The molecule has 0 aliphatic heterocycles. The molecule has 0 saturated carbocycles. The molecular formula is C24H21N3O3. The molecule has 0 atom stereocenters. The minimum absolute atomic E-state index is 0.0950. The zero-order valence-corrected chi connectivity index (χ0v) is 16.5. The third kappa shape index (κ3) is 4.72. The fraction of sp³-hybridized carbons (Fsp3) is 0.125. The van der Waals surface area contributed by atoms with Gasteiger partial charge in [0.15, 0.2) is 12.4 Å². The predicted octanol–water partition coefficient (Wildman–Crippen LogP) is 4.65. The van der Waals surface area contributed by atoms with E-state index in [1.54, 1.807) is 6.07 Å². The summed E-state index contributed by atoms with van der Waals surface area (Å²) in [6.07, 6.45) is 0.573. The van der Waals surface area contributed by atoms with Crippen molar-refractivity contribution in [3.63, 3.8) is 0 Å². The van der Waals surface area contributed by atoms with Crippen molar-refractivity contribution in [1.29, 1.82) is 0 Å². The number of aryl methyl sites for hydroxylation is 1. The number of nitrogens with zero attached hydrogens (tertiary/aromatic N) is 2. The van der Waals surface area contributed by atoms with E-state index in [9.17, 15) is 4.79 Å². The molecule has 1 aromatic heterocycles. The number of aromatic nitrogens is 2. The maximum absolute atomic E-state index is 12.4. The molecule has 1 amide bonds. The van der Waals surface area contributed by atoms with Crippen LogP contribution in [0.3, 0.4) is 0 Å². The van der Waals surface area contributed by atoms with E-state index in [1.165, 1.54) is 0 Å². The largest absolute Gasteiger partial charge is 0.483 e. The Hall–Kier alpha value is -3.93. The Balaban J connectivity index is 1.45. The Morgan fingerprint density at radius 2 is 1.70 bits per heavy atom. The van der Waals surface area contributed by atoms with E-state index >= 15 is 0 Å². The number of hydrogen-bond acceptors (Lipinski definition) is 5. The molecule has 30 heavy (non-hydrogen) atoms. The average Bonchev–Trinajstić information content (AvgIpc) is 3.22. The Bertz CT molecular complexity index is 1140. The van der Waals surface area contributed by atoms with Crippen molar-refractivity contribution in [3.8, 4) is 17.2 Å². The summed E-state index contributed by atoms with van der Waals surface area (Å²) in [6.45, 7) is 1.84. The number of benzene rings is 3. The number of carbonyl (C=O) groups is 1. The number of rotatable bonds is 7. The van der Waals surface area contributed by atoms with Crippen LogP contribution in [-0.2, 0) is 11.2 Å². The summed E-state index contributed by atoms with van der Waals surface area (Å²) in [5.74, 6) is 1.36. The smallest absolute Gasteiger partial charge is 0.262 e. The molecule has 4 rings (SSSR count). The van der Waals surface area contributed by atoms with E-state index < -0.39 is 0 Å². The molecule has 0 unspecified atom stereocenters. The lowest BCUT2D eigenvalue weighted by molar-refractivity contribution is -0.118. The summed E-state index contributed by atoms with van der Waals surface area (Å²) < 4.78 is 11.1. The molecule has 0 radical (unpaired) electrons. The van der Waals surface area contributed by atoms with Crippen molar-refractivity contribution in [2.75, 3.05) is 11.9 Å². The van der Waals surface area contributed by atoms with Gasteiger partial charge in [0, 0.05) is 6.42 Å². The highest BCUT2D eigenvalue weighted by molar-refractivity contribution is 5.95. The quantitative estimate of drug-likeness (QED) is 0.489. The van der Waals surface area contributed by atoms with Gasteiger partial charge in [0.25, 0.3) is 11.8 Å². The van der Waals surface area contributed by atoms with Crippen LogP contribution in [0.25, 0.3) is 11.5 Å². The standard InChI is InChI=1S/C24H21N3O3/c1-17-9-5-8-14-21(17)29-16-23(28)25-20-13-7-6-12-19(20)24-26-22(27-30-24)15-18-10-3-2-4-11-18/h2-14H,15-16H2,1H3,(H,25,28). The molecular weight excluding hydrogens is 378 g/mol. The summed E-state index contributed by atoms with van der Waals surface area (Å²) >= 11 is 0. The Labute approximate surface area is 174 Å². The van der Waals surface area contributed by atoms with Gasteiger partial charge < -0.3 is 14.6 Å². The van der Waals surface area contributed by atoms with Gasteiger partial charge in [0.05, 0.1) is 11.3 Å². The molecule has 150 valence electrons. The molecule has 0 aliphatic carbocycles. The lowest BCUT2D eigenvalue weighted by Crippen LogP contribution is -2.20. The number of ether oxygens (including phenoxy) is 1. The van der Waals surface area contributed by atoms with E-state index in [2.05, 4.69) is 15.5 Å².